The van der Waals surface area contributed by atoms with Crippen LogP contribution in [0.3, 0.4) is 0 Å². The SMILES string of the molecule is CCOc1ccc(NC(=O)CSc2c(C)nn(-c3nnc(C)c(=O)[nH]3)c2C)cc1. The molecule has 152 valence electrons. The van der Waals surface area contributed by atoms with Crippen molar-refractivity contribution in [3.8, 4) is 11.7 Å². The van der Waals surface area contributed by atoms with E-state index in [0.29, 0.717) is 12.3 Å². The summed E-state index contributed by atoms with van der Waals surface area (Å²) in [7, 11) is 0. The minimum Gasteiger partial charge on any atom is -0.494 e. The molecule has 0 spiro atoms. The largest absolute Gasteiger partial charge is 0.494 e. The lowest BCUT2D eigenvalue weighted by Crippen LogP contribution is -2.18. The van der Waals surface area contributed by atoms with Gasteiger partial charge in [0.05, 0.1) is 28.6 Å². The highest BCUT2D eigenvalue weighted by molar-refractivity contribution is 8.00. The number of carbonyl (C=O) groups is 1. The summed E-state index contributed by atoms with van der Waals surface area (Å²) < 4.78 is 6.92. The lowest BCUT2D eigenvalue weighted by Gasteiger charge is -2.07. The molecular formula is C19H22N6O3S. The molecule has 0 atom stereocenters. The van der Waals surface area contributed by atoms with Crippen LogP contribution in [0.15, 0.2) is 34.0 Å². The zero-order chi connectivity index (χ0) is 21.0. The number of aromatic amines is 1. The number of hydrogen-bond acceptors (Lipinski definition) is 7. The van der Waals surface area contributed by atoms with E-state index in [4.69, 9.17) is 4.74 Å². The lowest BCUT2D eigenvalue weighted by atomic mass is 10.3. The van der Waals surface area contributed by atoms with Crippen LogP contribution in [0, 0.1) is 20.8 Å². The van der Waals surface area contributed by atoms with Crippen molar-refractivity contribution in [3.63, 3.8) is 0 Å². The second-order valence-electron chi connectivity index (χ2n) is 6.27. The third-order valence-electron chi connectivity index (χ3n) is 4.07. The van der Waals surface area contributed by atoms with Crippen LogP contribution in [0.4, 0.5) is 5.69 Å². The predicted octanol–water partition coefficient (Wildman–Crippen LogP) is 2.41. The quantitative estimate of drug-likeness (QED) is 0.571. The van der Waals surface area contributed by atoms with Crippen molar-refractivity contribution in [2.45, 2.75) is 32.6 Å². The van der Waals surface area contributed by atoms with E-state index in [2.05, 4.69) is 25.6 Å². The Balaban J connectivity index is 1.67. The average Bonchev–Trinajstić information content (AvgIpc) is 2.98. The monoisotopic (exact) mass is 414 g/mol. The number of aromatic nitrogens is 5. The molecule has 3 aromatic rings. The Hall–Kier alpha value is -3.14. The summed E-state index contributed by atoms with van der Waals surface area (Å²) in [5, 5.41) is 15.1. The van der Waals surface area contributed by atoms with Gasteiger partial charge in [0.2, 0.25) is 5.91 Å². The Morgan fingerprint density at radius 3 is 2.55 bits per heavy atom. The fourth-order valence-corrected chi connectivity index (χ4v) is 3.55. The first-order valence-electron chi connectivity index (χ1n) is 9.04. The normalized spacial score (nSPS) is 10.8. The van der Waals surface area contributed by atoms with Gasteiger partial charge in [-0.15, -0.1) is 22.0 Å². The first-order chi connectivity index (χ1) is 13.9. The van der Waals surface area contributed by atoms with E-state index < -0.39 is 0 Å². The summed E-state index contributed by atoms with van der Waals surface area (Å²) in [4.78, 5) is 27.6. The van der Waals surface area contributed by atoms with Gasteiger partial charge in [-0.3, -0.25) is 14.6 Å². The molecule has 0 aliphatic heterocycles. The second kappa shape index (κ2) is 8.91. The number of nitrogens with zero attached hydrogens (tertiary/aromatic N) is 4. The van der Waals surface area contributed by atoms with Crippen LogP contribution in [-0.4, -0.2) is 43.2 Å². The number of anilines is 1. The molecule has 0 fully saturated rings. The number of aryl methyl sites for hydroxylation is 2. The van der Waals surface area contributed by atoms with Gasteiger partial charge in [0.15, 0.2) is 0 Å². The van der Waals surface area contributed by atoms with Crippen LogP contribution in [0.1, 0.15) is 24.0 Å². The number of amides is 1. The fourth-order valence-electron chi connectivity index (χ4n) is 2.66. The number of benzene rings is 1. The van der Waals surface area contributed by atoms with Gasteiger partial charge in [-0.05, 0) is 52.0 Å². The topological polar surface area (TPSA) is 115 Å². The fraction of sp³-hybridized carbons (Fsp3) is 0.316. The Morgan fingerprint density at radius 1 is 1.17 bits per heavy atom. The Bertz CT molecular complexity index is 1070. The molecule has 1 aromatic carbocycles. The van der Waals surface area contributed by atoms with E-state index in [-0.39, 0.29) is 28.9 Å². The maximum absolute atomic E-state index is 12.3. The van der Waals surface area contributed by atoms with Gasteiger partial charge in [-0.25, -0.2) is 4.68 Å². The molecule has 0 bridgehead atoms. The van der Waals surface area contributed by atoms with Crippen molar-refractivity contribution >= 4 is 23.4 Å². The highest BCUT2D eigenvalue weighted by Gasteiger charge is 2.17. The first-order valence-corrected chi connectivity index (χ1v) is 10.0. The van der Waals surface area contributed by atoms with Gasteiger partial charge in [-0.1, -0.05) is 0 Å². The third-order valence-corrected chi connectivity index (χ3v) is 5.36. The molecule has 1 amide bonds. The number of H-pyrrole nitrogens is 1. The number of ether oxygens (including phenoxy) is 1. The Labute approximate surface area is 171 Å². The molecule has 2 heterocycles. The summed E-state index contributed by atoms with van der Waals surface area (Å²) >= 11 is 1.37. The number of thioether (sulfide) groups is 1. The minimum atomic E-state index is -0.313. The molecule has 10 heteroatoms. The summed E-state index contributed by atoms with van der Waals surface area (Å²) in [6, 6.07) is 7.23. The van der Waals surface area contributed by atoms with Crippen LogP contribution in [0.2, 0.25) is 0 Å². The Kier molecular flexibility index (Phi) is 6.32. The molecule has 0 aliphatic rings. The third kappa shape index (κ3) is 4.83. The van der Waals surface area contributed by atoms with E-state index in [1.165, 1.54) is 16.4 Å². The number of hydrogen-bond donors (Lipinski definition) is 2. The van der Waals surface area contributed by atoms with Crippen LogP contribution < -0.4 is 15.6 Å². The van der Waals surface area contributed by atoms with Crippen LogP contribution in [-0.2, 0) is 4.79 Å². The predicted molar refractivity (Wildman–Crippen MR) is 111 cm³/mol. The zero-order valence-corrected chi connectivity index (χ0v) is 17.5. The molecule has 0 saturated carbocycles. The minimum absolute atomic E-state index is 0.130. The van der Waals surface area contributed by atoms with Crippen molar-refractivity contribution in [1.82, 2.24) is 25.0 Å². The van der Waals surface area contributed by atoms with Gasteiger partial charge in [0, 0.05) is 5.69 Å². The van der Waals surface area contributed by atoms with Crippen molar-refractivity contribution in [3.05, 3.63) is 51.7 Å². The van der Waals surface area contributed by atoms with Gasteiger partial charge >= 0.3 is 0 Å². The van der Waals surface area contributed by atoms with Crippen LogP contribution >= 0.6 is 11.8 Å². The highest BCUT2D eigenvalue weighted by Crippen LogP contribution is 2.27. The maximum atomic E-state index is 12.3. The van der Waals surface area contributed by atoms with Crippen LogP contribution in [0.25, 0.3) is 5.95 Å². The summed E-state index contributed by atoms with van der Waals surface area (Å²) in [5.41, 5.74) is 2.19. The van der Waals surface area contributed by atoms with E-state index >= 15 is 0 Å². The molecule has 2 N–H and O–H groups in total. The van der Waals surface area contributed by atoms with Crippen molar-refractivity contribution in [2.24, 2.45) is 0 Å². The molecule has 0 saturated heterocycles. The summed E-state index contributed by atoms with van der Waals surface area (Å²) in [6.07, 6.45) is 0. The van der Waals surface area contributed by atoms with Gasteiger partial charge in [0.25, 0.3) is 11.5 Å². The highest BCUT2D eigenvalue weighted by atomic mass is 32.2. The smallest absolute Gasteiger partial charge is 0.274 e. The standard InChI is InChI=1S/C19H22N6O3S/c1-5-28-15-8-6-14(7-9-15)20-16(26)10-29-17-11(2)24-25(13(17)4)19-21-18(27)12(3)22-23-19/h6-9H,5,10H2,1-4H3,(H,20,26)(H,21,23,27). The lowest BCUT2D eigenvalue weighted by molar-refractivity contribution is -0.113. The Morgan fingerprint density at radius 2 is 1.90 bits per heavy atom. The maximum Gasteiger partial charge on any atom is 0.274 e. The first kappa shape index (κ1) is 20.6. The van der Waals surface area contributed by atoms with E-state index in [1.807, 2.05) is 32.9 Å². The molecule has 0 unspecified atom stereocenters. The molecule has 3 rings (SSSR count). The molecule has 2 aromatic heterocycles. The van der Waals surface area contributed by atoms with Gasteiger partial charge in [-0.2, -0.15) is 5.10 Å². The van der Waals surface area contributed by atoms with E-state index in [0.717, 1.165) is 22.0 Å². The molecule has 29 heavy (non-hydrogen) atoms. The summed E-state index contributed by atoms with van der Waals surface area (Å²) in [5.74, 6) is 1.09. The number of rotatable bonds is 7. The van der Waals surface area contributed by atoms with E-state index in [1.54, 1.807) is 19.1 Å². The van der Waals surface area contributed by atoms with E-state index in [9.17, 15) is 9.59 Å². The molecule has 0 aliphatic carbocycles. The zero-order valence-electron chi connectivity index (χ0n) is 16.6. The van der Waals surface area contributed by atoms with Crippen molar-refractivity contribution in [1.29, 1.82) is 0 Å². The second-order valence-corrected chi connectivity index (χ2v) is 7.25. The number of nitrogens with one attached hydrogen (secondary N) is 2. The van der Waals surface area contributed by atoms with Crippen molar-refractivity contribution < 1.29 is 9.53 Å². The average molecular weight is 414 g/mol. The molecule has 0 radical (unpaired) electrons. The van der Waals surface area contributed by atoms with Crippen molar-refractivity contribution in [2.75, 3.05) is 17.7 Å². The summed E-state index contributed by atoms with van der Waals surface area (Å²) in [6.45, 7) is 7.79. The van der Waals surface area contributed by atoms with Crippen LogP contribution in [0.5, 0.6) is 5.75 Å². The van der Waals surface area contributed by atoms with Gasteiger partial charge in [0.1, 0.15) is 11.4 Å². The van der Waals surface area contributed by atoms with Gasteiger partial charge < -0.3 is 10.1 Å². The number of carbonyl (C=O) groups excluding carboxylic acids is 1. The molecule has 9 nitrogen and oxygen atoms in total. The molecular weight excluding hydrogens is 392 g/mol.